The van der Waals surface area contributed by atoms with Crippen molar-refractivity contribution in [2.75, 3.05) is 6.54 Å². The smallest absolute Gasteiger partial charge is 0.209 e. The summed E-state index contributed by atoms with van der Waals surface area (Å²) in [6.45, 7) is 1.66. The number of nitrogens with zero attached hydrogens (tertiary/aromatic N) is 3. The molecule has 1 atom stereocenters. The molecule has 1 unspecified atom stereocenters. The van der Waals surface area contributed by atoms with Crippen LogP contribution in [0.4, 0.5) is 0 Å². The molecule has 1 aromatic rings. The zero-order valence-corrected chi connectivity index (χ0v) is 10.3. The first-order valence-electron chi connectivity index (χ1n) is 6.37. The SMILES string of the molecule is N#CN=C(N)N1Cc2cccc3c2C(CCC3)C1. The molecular weight excluding hydrogens is 224 g/mol. The molecule has 0 radical (unpaired) electrons. The number of nitriles is 1. The molecule has 1 heterocycles. The van der Waals surface area contributed by atoms with Crippen molar-refractivity contribution in [1.82, 2.24) is 4.90 Å². The fourth-order valence-electron chi connectivity index (χ4n) is 3.24. The van der Waals surface area contributed by atoms with E-state index >= 15 is 0 Å². The van der Waals surface area contributed by atoms with E-state index in [2.05, 4.69) is 23.2 Å². The molecule has 0 fully saturated rings. The van der Waals surface area contributed by atoms with Crippen LogP contribution in [0.5, 0.6) is 0 Å². The Bertz CT molecular complexity index is 541. The van der Waals surface area contributed by atoms with E-state index in [-0.39, 0.29) is 0 Å². The molecule has 4 nitrogen and oxygen atoms in total. The maximum absolute atomic E-state index is 8.60. The van der Waals surface area contributed by atoms with E-state index in [4.69, 9.17) is 11.0 Å². The molecule has 0 bridgehead atoms. The lowest BCUT2D eigenvalue weighted by atomic mass is 9.78. The summed E-state index contributed by atoms with van der Waals surface area (Å²) in [6.07, 6.45) is 5.41. The van der Waals surface area contributed by atoms with Gasteiger partial charge >= 0.3 is 0 Å². The molecule has 0 amide bonds. The number of hydrogen-bond acceptors (Lipinski definition) is 2. The Morgan fingerprint density at radius 3 is 3.11 bits per heavy atom. The Labute approximate surface area is 107 Å². The first-order chi connectivity index (χ1) is 8.79. The molecule has 3 rings (SSSR count). The van der Waals surface area contributed by atoms with Gasteiger partial charge in [0.05, 0.1) is 0 Å². The van der Waals surface area contributed by atoms with Gasteiger partial charge in [-0.3, -0.25) is 0 Å². The summed E-state index contributed by atoms with van der Waals surface area (Å²) in [5.41, 5.74) is 10.2. The summed E-state index contributed by atoms with van der Waals surface area (Å²) in [6, 6.07) is 6.54. The van der Waals surface area contributed by atoms with E-state index < -0.39 is 0 Å². The molecule has 2 aliphatic rings. The van der Waals surface area contributed by atoms with Crippen LogP contribution >= 0.6 is 0 Å². The van der Waals surface area contributed by atoms with Crippen LogP contribution in [0.25, 0.3) is 0 Å². The van der Waals surface area contributed by atoms with Crippen LogP contribution in [0.15, 0.2) is 23.2 Å². The van der Waals surface area contributed by atoms with Crippen LogP contribution in [0.3, 0.4) is 0 Å². The van der Waals surface area contributed by atoms with E-state index in [9.17, 15) is 0 Å². The van der Waals surface area contributed by atoms with Crippen molar-refractivity contribution in [2.24, 2.45) is 10.7 Å². The number of rotatable bonds is 0. The third kappa shape index (κ3) is 1.72. The van der Waals surface area contributed by atoms with Gasteiger partial charge in [0.1, 0.15) is 0 Å². The Morgan fingerprint density at radius 1 is 1.44 bits per heavy atom. The normalized spacial score (nSPS) is 22.3. The molecule has 92 valence electrons. The van der Waals surface area contributed by atoms with Crippen molar-refractivity contribution in [1.29, 1.82) is 5.26 Å². The molecule has 1 aliphatic carbocycles. The highest BCUT2D eigenvalue weighted by molar-refractivity contribution is 5.79. The number of aryl methyl sites for hydroxylation is 1. The minimum atomic E-state index is 0.346. The second-order valence-corrected chi connectivity index (χ2v) is 5.03. The van der Waals surface area contributed by atoms with Crippen molar-refractivity contribution in [3.63, 3.8) is 0 Å². The zero-order chi connectivity index (χ0) is 12.5. The van der Waals surface area contributed by atoms with Gasteiger partial charge in [-0.2, -0.15) is 5.26 Å². The van der Waals surface area contributed by atoms with Gasteiger partial charge in [0.15, 0.2) is 0 Å². The minimum Gasteiger partial charge on any atom is -0.369 e. The first kappa shape index (κ1) is 11.1. The third-order valence-electron chi connectivity index (χ3n) is 3.98. The van der Waals surface area contributed by atoms with Crippen LogP contribution in [0, 0.1) is 11.5 Å². The van der Waals surface area contributed by atoms with Gasteiger partial charge in [0.25, 0.3) is 0 Å². The largest absolute Gasteiger partial charge is 0.369 e. The van der Waals surface area contributed by atoms with Crippen LogP contribution < -0.4 is 5.73 Å². The molecular formula is C14H16N4. The van der Waals surface area contributed by atoms with Crippen molar-refractivity contribution in [3.8, 4) is 6.19 Å². The van der Waals surface area contributed by atoms with Crippen LogP contribution in [0.1, 0.15) is 35.4 Å². The first-order valence-corrected chi connectivity index (χ1v) is 6.37. The lowest BCUT2D eigenvalue weighted by molar-refractivity contribution is 0.326. The molecule has 1 aromatic carbocycles. The lowest BCUT2D eigenvalue weighted by Gasteiger charge is -2.38. The third-order valence-corrected chi connectivity index (χ3v) is 3.98. The summed E-state index contributed by atoms with van der Waals surface area (Å²) in [7, 11) is 0. The summed E-state index contributed by atoms with van der Waals surface area (Å²) < 4.78 is 0. The molecule has 0 aromatic heterocycles. The average molecular weight is 240 g/mol. The van der Waals surface area contributed by atoms with Crippen LogP contribution in [-0.2, 0) is 13.0 Å². The van der Waals surface area contributed by atoms with Gasteiger partial charge in [-0.25, -0.2) is 0 Å². The standard InChI is InChI=1S/C14H16N4/c15-9-17-14(16)18-7-11-5-1-3-10-4-2-6-12(8-18)13(10)11/h1,3,5,12H,2,4,6-8H2,(H2,16,17). The molecule has 18 heavy (non-hydrogen) atoms. The Balaban J connectivity index is 1.99. The predicted octanol–water partition coefficient (Wildman–Crippen LogP) is 1.72. The van der Waals surface area contributed by atoms with E-state index in [1.165, 1.54) is 36.0 Å². The summed E-state index contributed by atoms with van der Waals surface area (Å²) in [5, 5.41) is 8.60. The highest BCUT2D eigenvalue weighted by Crippen LogP contribution is 2.38. The van der Waals surface area contributed by atoms with Gasteiger partial charge in [-0.15, -0.1) is 4.99 Å². The maximum Gasteiger partial charge on any atom is 0.209 e. The van der Waals surface area contributed by atoms with Crippen molar-refractivity contribution in [2.45, 2.75) is 31.7 Å². The highest BCUT2D eigenvalue weighted by atomic mass is 15.3. The quantitative estimate of drug-likeness (QED) is 0.426. The number of benzene rings is 1. The molecule has 0 saturated carbocycles. The monoisotopic (exact) mass is 240 g/mol. The Kier molecular flexibility index (Phi) is 2.67. The summed E-state index contributed by atoms with van der Waals surface area (Å²) in [5.74, 6) is 0.894. The number of hydrogen-bond donors (Lipinski definition) is 1. The molecule has 4 heteroatoms. The van der Waals surface area contributed by atoms with Crippen LogP contribution in [-0.4, -0.2) is 17.4 Å². The fraction of sp³-hybridized carbons (Fsp3) is 0.429. The summed E-state index contributed by atoms with van der Waals surface area (Å²) >= 11 is 0. The van der Waals surface area contributed by atoms with Crippen molar-refractivity contribution < 1.29 is 0 Å². The van der Waals surface area contributed by atoms with E-state index in [1.807, 2.05) is 4.90 Å². The number of nitrogens with two attached hydrogens (primary N) is 1. The van der Waals surface area contributed by atoms with Gasteiger partial charge in [-0.05, 0) is 36.0 Å². The molecule has 0 spiro atoms. The second kappa shape index (κ2) is 4.34. The van der Waals surface area contributed by atoms with E-state index in [1.54, 1.807) is 6.19 Å². The van der Waals surface area contributed by atoms with Gasteiger partial charge in [0.2, 0.25) is 12.2 Å². The minimum absolute atomic E-state index is 0.346. The van der Waals surface area contributed by atoms with E-state index in [0.717, 1.165) is 13.1 Å². The highest BCUT2D eigenvalue weighted by Gasteiger charge is 2.30. The molecule has 1 aliphatic heterocycles. The van der Waals surface area contributed by atoms with Gasteiger partial charge in [0, 0.05) is 19.0 Å². The van der Waals surface area contributed by atoms with Crippen molar-refractivity contribution >= 4 is 5.96 Å². The van der Waals surface area contributed by atoms with Gasteiger partial charge < -0.3 is 10.6 Å². The van der Waals surface area contributed by atoms with E-state index in [0.29, 0.717) is 11.9 Å². The lowest BCUT2D eigenvalue weighted by Crippen LogP contribution is -2.43. The maximum atomic E-state index is 8.60. The zero-order valence-electron chi connectivity index (χ0n) is 10.3. The number of guanidine groups is 1. The van der Waals surface area contributed by atoms with Crippen molar-refractivity contribution in [3.05, 3.63) is 34.9 Å². The second-order valence-electron chi connectivity index (χ2n) is 5.03. The summed E-state index contributed by atoms with van der Waals surface area (Å²) in [4.78, 5) is 5.68. The Morgan fingerprint density at radius 2 is 2.28 bits per heavy atom. The fourth-order valence-corrected chi connectivity index (χ4v) is 3.24. The molecule has 2 N–H and O–H groups in total. The number of aliphatic imine (C=N–C) groups is 1. The predicted molar refractivity (Wildman–Crippen MR) is 69.8 cm³/mol. The average Bonchev–Trinajstić information content (AvgIpc) is 2.39. The van der Waals surface area contributed by atoms with Gasteiger partial charge in [-0.1, -0.05) is 18.2 Å². The van der Waals surface area contributed by atoms with Crippen LogP contribution in [0.2, 0.25) is 0 Å². The topological polar surface area (TPSA) is 65.4 Å². The molecule has 0 saturated heterocycles. The Hall–Kier alpha value is -2.02.